The second-order valence-corrected chi connectivity index (χ2v) is 17.4. The molecule has 0 aromatic heterocycles. The van der Waals surface area contributed by atoms with Crippen LogP contribution in [-0.4, -0.2) is 43.3 Å². The van der Waals surface area contributed by atoms with Gasteiger partial charge in [0.25, 0.3) is 0 Å². The van der Waals surface area contributed by atoms with Crippen LogP contribution in [0.2, 0.25) is 0 Å². The summed E-state index contributed by atoms with van der Waals surface area (Å²) in [5.41, 5.74) is 0.444. The van der Waals surface area contributed by atoms with Gasteiger partial charge in [-0.15, -0.1) is 0 Å². The minimum atomic E-state index is -3.05. The van der Waals surface area contributed by atoms with Crippen LogP contribution < -0.4 is 0 Å². The first-order valence-electron chi connectivity index (χ1n) is 16.5. The zero-order chi connectivity index (χ0) is 27.5. The van der Waals surface area contributed by atoms with Gasteiger partial charge in [-0.05, 0) is 146 Å². The van der Waals surface area contributed by atoms with Crippen LogP contribution in [0.1, 0.15) is 144 Å². The number of rotatable bonds is 9. The van der Waals surface area contributed by atoms with Gasteiger partial charge >= 0.3 is 0 Å². The van der Waals surface area contributed by atoms with E-state index < -0.39 is 9.84 Å². The molecule has 4 saturated carbocycles. The molecule has 0 aromatic carbocycles. The molecule has 5 heteroatoms. The Labute approximate surface area is 235 Å². The van der Waals surface area contributed by atoms with Gasteiger partial charge in [-0.2, -0.15) is 0 Å². The molecule has 4 aliphatic carbocycles. The third-order valence-electron chi connectivity index (χ3n) is 11.5. The van der Waals surface area contributed by atoms with Crippen LogP contribution in [0.25, 0.3) is 0 Å². The lowest BCUT2D eigenvalue weighted by Crippen LogP contribution is -2.41. The standard InChI is InChI=1S/C33H60O4S/c1-23(2)25-7-9-26(10-8-25)33(5,6)27-11-13-29(14-12-27)37-30-17-21-32(22-18-30)38(34,35)31-19-15-28(16-20-31)36-24(3)4/h23-32H,7-22H2,1-6H3. The first kappa shape index (κ1) is 30.8. The summed E-state index contributed by atoms with van der Waals surface area (Å²) in [4.78, 5) is 0. The number of hydrogen-bond donors (Lipinski definition) is 0. The van der Waals surface area contributed by atoms with E-state index in [1.54, 1.807) is 0 Å². The summed E-state index contributed by atoms with van der Waals surface area (Å²) in [6.07, 6.45) is 18.5. The van der Waals surface area contributed by atoms with Crippen LogP contribution in [0.15, 0.2) is 0 Å². The molecule has 38 heavy (non-hydrogen) atoms. The third kappa shape index (κ3) is 7.58. The maximum atomic E-state index is 13.4. The molecule has 0 amide bonds. The van der Waals surface area contributed by atoms with Crippen LogP contribution in [0, 0.1) is 29.1 Å². The van der Waals surface area contributed by atoms with Gasteiger partial charge in [0.1, 0.15) is 0 Å². The van der Waals surface area contributed by atoms with Crippen molar-refractivity contribution in [2.75, 3.05) is 0 Å². The van der Waals surface area contributed by atoms with E-state index in [-0.39, 0.29) is 28.8 Å². The van der Waals surface area contributed by atoms with Gasteiger partial charge in [0, 0.05) is 0 Å². The normalized spacial score (nSPS) is 38.0. The molecule has 0 bridgehead atoms. The molecular weight excluding hydrogens is 492 g/mol. The van der Waals surface area contributed by atoms with Gasteiger partial charge < -0.3 is 9.47 Å². The van der Waals surface area contributed by atoms with Crippen molar-refractivity contribution in [3.8, 4) is 0 Å². The smallest absolute Gasteiger partial charge is 0.156 e. The van der Waals surface area contributed by atoms with Gasteiger partial charge in [-0.3, -0.25) is 0 Å². The molecule has 4 nitrogen and oxygen atoms in total. The van der Waals surface area contributed by atoms with Gasteiger partial charge in [0.05, 0.1) is 34.9 Å². The second-order valence-electron chi connectivity index (χ2n) is 14.9. The molecule has 0 saturated heterocycles. The fourth-order valence-corrected chi connectivity index (χ4v) is 11.1. The Hall–Kier alpha value is -0.130. The molecule has 4 aliphatic rings. The molecule has 0 radical (unpaired) electrons. The van der Waals surface area contributed by atoms with Crippen LogP contribution in [-0.2, 0) is 19.3 Å². The maximum absolute atomic E-state index is 13.4. The summed E-state index contributed by atoms with van der Waals surface area (Å²) < 4.78 is 39.4. The predicted octanol–water partition coefficient (Wildman–Crippen LogP) is 8.51. The molecule has 0 heterocycles. The van der Waals surface area contributed by atoms with Crippen molar-refractivity contribution in [3.63, 3.8) is 0 Å². The maximum Gasteiger partial charge on any atom is 0.156 e. The summed E-state index contributed by atoms with van der Waals surface area (Å²) in [6, 6.07) is 0. The largest absolute Gasteiger partial charge is 0.376 e. The van der Waals surface area contributed by atoms with Crippen LogP contribution >= 0.6 is 0 Å². The first-order valence-corrected chi connectivity index (χ1v) is 18.1. The van der Waals surface area contributed by atoms with Crippen molar-refractivity contribution >= 4 is 9.84 Å². The summed E-state index contributed by atoms with van der Waals surface area (Å²) in [5, 5.41) is -0.312. The highest BCUT2D eigenvalue weighted by Gasteiger charge is 2.42. The predicted molar refractivity (Wildman–Crippen MR) is 158 cm³/mol. The van der Waals surface area contributed by atoms with E-state index in [9.17, 15) is 8.42 Å². The lowest BCUT2D eigenvalue weighted by atomic mass is 9.59. The van der Waals surface area contributed by atoms with E-state index in [2.05, 4.69) is 41.5 Å². The van der Waals surface area contributed by atoms with Crippen molar-refractivity contribution in [2.45, 2.75) is 179 Å². The molecule has 0 atom stereocenters. The molecule has 0 N–H and O–H groups in total. The van der Waals surface area contributed by atoms with E-state index >= 15 is 0 Å². The second kappa shape index (κ2) is 13.2. The summed E-state index contributed by atoms with van der Waals surface area (Å²) in [5.74, 6) is 3.49. The lowest BCUT2D eigenvalue weighted by Gasteiger charge is -2.47. The zero-order valence-corrected chi connectivity index (χ0v) is 26.4. The van der Waals surface area contributed by atoms with Crippen molar-refractivity contribution in [2.24, 2.45) is 29.1 Å². The molecule has 222 valence electrons. The number of ether oxygens (including phenoxy) is 2. The minimum Gasteiger partial charge on any atom is -0.376 e. The fraction of sp³-hybridized carbons (Fsp3) is 1.00. The Morgan fingerprint density at radius 3 is 1.39 bits per heavy atom. The fourth-order valence-electron chi connectivity index (χ4n) is 8.73. The highest BCUT2D eigenvalue weighted by atomic mass is 32.2. The van der Waals surface area contributed by atoms with E-state index in [4.69, 9.17) is 9.47 Å². The molecule has 0 unspecified atom stereocenters. The van der Waals surface area contributed by atoms with E-state index in [1.807, 2.05) is 0 Å². The van der Waals surface area contributed by atoms with Gasteiger partial charge in [0.2, 0.25) is 0 Å². The lowest BCUT2D eigenvalue weighted by molar-refractivity contribution is -0.0653. The Bertz CT molecular complexity index is 802. The SMILES string of the molecule is CC(C)OC1CCC(S(=O)(=O)C2CCC(OC3CCC(C(C)(C)C4CCC(C(C)C)CC4)CC3)CC2)CC1. The highest BCUT2D eigenvalue weighted by molar-refractivity contribution is 7.92. The Morgan fingerprint density at radius 1 is 0.579 bits per heavy atom. The Kier molecular flexibility index (Phi) is 10.7. The Balaban J connectivity index is 1.17. The molecule has 0 aromatic rings. The van der Waals surface area contributed by atoms with Gasteiger partial charge in [-0.25, -0.2) is 8.42 Å². The molecule has 0 spiro atoms. The summed E-state index contributed by atoms with van der Waals surface area (Å²) in [7, 11) is -3.05. The van der Waals surface area contributed by atoms with E-state index in [0.717, 1.165) is 75.0 Å². The van der Waals surface area contributed by atoms with Gasteiger partial charge in [-0.1, -0.05) is 27.7 Å². The number of sulfone groups is 1. The first-order chi connectivity index (χ1) is 18.0. The molecule has 4 rings (SSSR count). The van der Waals surface area contributed by atoms with Crippen molar-refractivity contribution in [1.29, 1.82) is 0 Å². The average molecular weight is 553 g/mol. The van der Waals surface area contributed by atoms with E-state index in [0.29, 0.717) is 11.5 Å². The van der Waals surface area contributed by atoms with Gasteiger partial charge in [0.15, 0.2) is 9.84 Å². The monoisotopic (exact) mass is 552 g/mol. The summed E-state index contributed by atoms with van der Waals surface area (Å²) in [6.45, 7) is 14.1. The van der Waals surface area contributed by atoms with E-state index in [1.165, 1.54) is 51.4 Å². The third-order valence-corrected chi connectivity index (χ3v) is 14.3. The molecule has 0 aliphatic heterocycles. The summed E-state index contributed by atoms with van der Waals surface area (Å²) >= 11 is 0. The quantitative estimate of drug-likeness (QED) is 0.288. The van der Waals surface area contributed by atoms with Crippen molar-refractivity contribution in [3.05, 3.63) is 0 Å². The number of hydrogen-bond acceptors (Lipinski definition) is 4. The van der Waals surface area contributed by atoms with Crippen molar-refractivity contribution < 1.29 is 17.9 Å². The molecular formula is C33H60O4S. The minimum absolute atomic E-state index is 0.155. The zero-order valence-electron chi connectivity index (χ0n) is 25.6. The highest BCUT2D eigenvalue weighted by Crippen LogP contribution is 2.50. The van der Waals surface area contributed by atoms with Crippen LogP contribution in [0.4, 0.5) is 0 Å². The Morgan fingerprint density at radius 2 is 0.974 bits per heavy atom. The topological polar surface area (TPSA) is 52.6 Å². The van der Waals surface area contributed by atoms with Crippen LogP contribution in [0.3, 0.4) is 0 Å². The average Bonchev–Trinajstić information content (AvgIpc) is 2.89. The molecule has 4 fully saturated rings. The van der Waals surface area contributed by atoms with Crippen molar-refractivity contribution in [1.82, 2.24) is 0 Å². The van der Waals surface area contributed by atoms with Crippen LogP contribution in [0.5, 0.6) is 0 Å².